The van der Waals surface area contributed by atoms with Crippen LogP contribution in [0.1, 0.15) is 107 Å². The standard InChI is InChI=1S/C21H32N2O2/c1-21(2)12-10-17(11-13-21)23(16-6-4-3-5-7-16)20(24)18-14-19(25-22-18)15-8-9-15/h14-17H,3-13H2,1-2H3. The molecule has 0 N–H and O–H groups in total. The number of rotatable bonds is 4. The van der Waals surface area contributed by atoms with E-state index >= 15 is 0 Å². The Kier molecular flexibility index (Phi) is 4.63. The van der Waals surface area contributed by atoms with E-state index in [-0.39, 0.29) is 5.91 Å². The van der Waals surface area contributed by atoms with Crippen molar-refractivity contribution in [1.82, 2.24) is 10.1 Å². The largest absolute Gasteiger partial charge is 0.360 e. The van der Waals surface area contributed by atoms with Crippen molar-refractivity contribution >= 4 is 5.91 Å². The van der Waals surface area contributed by atoms with Crippen molar-refractivity contribution in [1.29, 1.82) is 0 Å². The van der Waals surface area contributed by atoms with Crippen LogP contribution in [0.2, 0.25) is 0 Å². The molecule has 4 nitrogen and oxygen atoms in total. The fraction of sp³-hybridized carbons (Fsp3) is 0.810. The number of aromatic nitrogens is 1. The lowest BCUT2D eigenvalue weighted by atomic mass is 9.74. The third-order valence-electron chi connectivity index (χ3n) is 6.63. The molecule has 4 rings (SSSR count). The zero-order valence-electron chi connectivity index (χ0n) is 15.8. The van der Waals surface area contributed by atoms with Gasteiger partial charge in [-0.3, -0.25) is 4.79 Å². The molecule has 1 aromatic rings. The van der Waals surface area contributed by atoms with Gasteiger partial charge in [-0.2, -0.15) is 0 Å². The van der Waals surface area contributed by atoms with Gasteiger partial charge in [0, 0.05) is 24.1 Å². The number of carbonyl (C=O) groups excluding carboxylic acids is 1. The topological polar surface area (TPSA) is 46.3 Å². The van der Waals surface area contributed by atoms with Crippen molar-refractivity contribution < 1.29 is 9.32 Å². The molecular formula is C21H32N2O2. The van der Waals surface area contributed by atoms with E-state index < -0.39 is 0 Å². The molecule has 3 aliphatic carbocycles. The monoisotopic (exact) mass is 344 g/mol. The van der Waals surface area contributed by atoms with E-state index in [0.717, 1.165) is 31.4 Å². The number of nitrogens with zero attached hydrogens (tertiary/aromatic N) is 2. The van der Waals surface area contributed by atoms with Crippen LogP contribution in [0.15, 0.2) is 10.6 Å². The van der Waals surface area contributed by atoms with Crippen LogP contribution in [-0.4, -0.2) is 28.0 Å². The van der Waals surface area contributed by atoms with E-state index in [0.29, 0.717) is 29.1 Å². The Hall–Kier alpha value is -1.32. The number of hydrogen-bond donors (Lipinski definition) is 0. The van der Waals surface area contributed by atoms with Gasteiger partial charge in [-0.15, -0.1) is 0 Å². The zero-order chi connectivity index (χ0) is 17.4. The maximum absolute atomic E-state index is 13.4. The first-order chi connectivity index (χ1) is 12.0. The lowest BCUT2D eigenvalue weighted by Gasteiger charge is -2.44. The van der Waals surface area contributed by atoms with Gasteiger partial charge in [0.15, 0.2) is 5.69 Å². The Morgan fingerprint density at radius 3 is 2.32 bits per heavy atom. The summed E-state index contributed by atoms with van der Waals surface area (Å²) in [6.45, 7) is 4.71. The number of carbonyl (C=O) groups is 1. The average Bonchev–Trinajstić information content (AvgIpc) is 3.34. The first-order valence-corrected chi connectivity index (χ1v) is 10.3. The molecule has 1 amide bonds. The SMILES string of the molecule is CC1(C)CCC(N(C(=O)c2cc(C3CC3)on2)C2CCCCC2)CC1. The molecule has 3 saturated carbocycles. The maximum Gasteiger partial charge on any atom is 0.276 e. The smallest absolute Gasteiger partial charge is 0.276 e. The van der Waals surface area contributed by atoms with E-state index in [2.05, 4.69) is 23.9 Å². The summed E-state index contributed by atoms with van der Waals surface area (Å²) < 4.78 is 5.47. The zero-order valence-corrected chi connectivity index (χ0v) is 15.8. The molecule has 0 bridgehead atoms. The molecule has 0 aromatic carbocycles. The minimum Gasteiger partial charge on any atom is -0.360 e. The van der Waals surface area contributed by atoms with Crippen molar-refractivity contribution in [2.45, 2.75) is 102 Å². The Balaban J connectivity index is 1.54. The van der Waals surface area contributed by atoms with Crippen LogP contribution in [0, 0.1) is 5.41 Å². The van der Waals surface area contributed by atoms with Crippen molar-refractivity contribution in [2.75, 3.05) is 0 Å². The summed E-state index contributed by atoms with van der Waals surface area (Å²) in [5.74, 6) is 1.54. The Morgan fingerprint density at radius 2 is 1.68 bits per heavy atom. The molecule has 0 radical (unpaired) electrons. The van der Waals surface area contributed by atoms with Crippen LogP contribution in [0.3, 0.4) is 0 Å². The normalized spacial score (nSPS) is 25.0. The summed E-state index contributed by atoms with van der Waals surface area (Å²) in [7, 11) is 0. The summed E-state index contributed by atoms with van der Waals surface area (Å²) in [6.07, 6.45) is 13.1. The van der Waals surface area contributed by atoms with Gasteiger partial charge in [0.1, 0.15) is 5.76 Å². The van der Waals surface area contributed by atoms with Gasteiger partial charge < -0.3 is 9.42 Å². The molecule has 0 aliphatic heterocycles. The first-order valence-electron chi connectivity index (χ1n) is 10.3. The lowest BCUT2D eigenvalue weighted by molar-refractivity contribution is 0.0351. The second-order valence-corrected chi connectivity index (χ2v) is 9.29. The average molecular weight is 344 g/mol. The number of hydrogen-bond acceptors (Lipinski definition) is 3. The van der Waals surface area contributed by atoms with Crippen molar-refractivity contribution in [3.8, 4) is 0 Å². The second-order valence-electron chi connectivity index (χ2n) is 9.29. The van der Waals surface area contributed by atoms with Gasteiger partial charge in [0.05, 0.1) is 0 Å². The summed E-state index contributed by atoms with van der Waals surface area (Å²) in [4.78, 5) is 15.6. The molecule has 25 heavy (non-hydrogen) atoms. The molecule has 3 aliphatic rings. The second kappa shape index (κ2) is 6.77. The van der Waals surface area contributed by atoms with Crippen LogP contribution < -0.4 is 0 Å². The van der Waals surface area contributed by atoms with Crippen LogP contribution in [0.25, 0.3) is 0 Å². The van der Waals surface area contributed by atoms with E-state index in [1.807, 2.05) is 6.07 Å². The highest BCUT2D eigenvalue weighted by Crippen LogP contribution is 2.41. The molecule has 3 fully saturated rings. The fourth-order valence-electron chi connectivity index (χ4n) is 4.73. The van der Waals surface area contributed by atoms with Gasteiger partial charge in [-0.25, -0.2) is 0 Å². The lowest BCUT2D eigenvalue weighted by Crippen LogP contribution is -2.50. The van der Waals surface area contributed by atoms with Crippen molar-refractivity contribution in [2.24, 2.45) is 5.41 Å². The molecule has 0 saturated heterocycles. The predicted octanol–water partition coefficient (Wildman–Crippen LogP) is 5.30. The maximum atomic E-state index is 13.4. The summed E-state index contributed by atoms with van der Waals surface area (Å²) >= 11 is 0. The van der Waals surface area contributed by atoms with E-state index in [1.54, 1.807) is 0 Å². The quantitative estimate of drug-likeness (QED) is 0.745. The molecule has 138 valence electrons. The first kappa shape index (κ1) is 17.1. The van der Waals surface area contributed by atoms with E-state index in [1.165, 1.54) is 44.9 Å². The third kappa shape index (κ3) is 3.78. The van der Waals surface area contributed by atoms with Crippen LogP contribution in [0.4, 0.5) is 0 Å². The Morgan fingerprint density at radius 1 is 1.04 bits per heavy atom. The highest BCUT2D eigenvalue weighted by molar-refractivity contribution is 5.92. The van der Waals surface area contributed by atoms with Gasteiger partial charge in [0.25, 0.3) is 5.91 Å². The summed E-state index contributed by atoms with van der Waals surface area (Å²) in [6, 6.07) is 2.70. The van der Waals surface area contributed by atoms with Crippen LogP contribution in [-0.2, 0) is 0 Å². The molecule has 4 heteroatoms. The molecule has 0 unspecified atom stereocenters. The van der Waals surface area contributed by atoms with Gasteiger partial charge in [0.2, 0.25) is 0 Å². The highest BCUT2D eigenvalue weighted by atomic mass is 16.5. The summed E-state index contributed by atoms with van der Waals surface area (Å²) in [5, 5.41) is 4.15. The third-order valence-corrected chi connectivity index (χ3v) is 6.63. The molecule has 0 atom stereocenters. The molecule has 0 spiro atoms. The summed E-state index contributed by atoms with van der Waals surface area (Å²) in [5.41, 5.74) is 0.961. The Labute approximate surface area is 151 Å². The highest BCUT2D eigenvalue weighted by Gasteiger charge is 2.38. The fourth-order valence-corrected chi connectivity index (χ4v) is 4.73. The van der Waals surface area contributed by atoms with Gasteiger partial charge in [-0.1, -0.05) is 38.3 Å². The predicted molar refractivity (Wildman–Crippen MR) is 97.6 cm³/mol. The molecule has 1 heterocycles. The molecule has 1 aromatic heterocycles. The molecular weight excluding hydrogens is 312 g/mol. The van der Waals surface area contributed by atoms with Gasteiger partial charge >= 0.3 is 0 Å². The van der Waals surface area contributed by atoms with Gasteiger partial charge in [-0.05, 0) is 56.8 Å². The Bertz CT molecular complexity index is 601. The number of amides is 1. The van der Waals surface area contributed by atoms with Crippen molar-refractivity contribution in [3.05, 3.63) is 17.5 Å². The van der Waals surface area contributed by atoms with E-state index in [4.69, 9.17) is 4.52 Å². The van der Waals surface area contributed by atoms with Crippen molar-refractivity contribution in [3.63, 3.8) is 0 Å². The minimum absolute atomic E-state index is 0.118. The van der Waals surface area contributed by atoms with Crippen LogP contribution in [0.5, 0.6) is 0 Å². The van der Waals surface area contributed by atoms with E-state index in [9.17, 15) is 4.79 Å². The van der Waals surface area contributed by atoms with Crippen LogP contribution >= 0.6 is 0 Å². The minimum atomic E-state index is 0.118.